The Kier molecular flexibility index (Phi) is 4.23. The van der Waals surface area contributed by atoms with E-state index < -0.39 is 0 Å². The number of hydrogen-bond donors (Lipinski definition) is 0. The van der Waals surface area contributed by atoms with Gasteiger partial charge in [-0.25, -0.2) is 4.98 Å². The van der Waals surface area contributed by atoms with Crippen LogP contribution in [-0.4, -0.2) is 30.5 Å². The van der Waals surface area contributed by atoms with E-state index in [4.69, 9.17) is 4.98 Å². The Balaban J connectivity index is 1.57. The lowest BCUT2D eigenvalue weighted by molar-refractivity contribution is -0.117. The molecule has 0 saturated carbocycles. The van der Waals surface area contributed by atoms with Crippen molar-refractivity contribution in [1.29, 1.82) is 0 Å². The highest BCUT2D eigenvalue weighted by atomic mass is 16.1. The summed E-state index contributed by atoms with van der Waals surface area (Å²) in [5.41, 5.74) is 4.33. The molecule has 0 radical (unpaired) electrons. The summed E-state index contributed by atoms with van der Waals surface area (Å²) >= 11 is 0. The topological polar surface area (TPSA) is 73.6 Å². The minimum atomic E-state index is 0.117. The molecular weight excluding hydrogens is 326 g/mol. The fraction of sp³-hybridized carbons (Fsp3) is 0.150. The predicted molar refractivity (Wildman–Crippen MR) is 98.4 cm³/mol. The van der Waals surface area contributed by atoms with E-state index in [1.165, 1.54) is 0 Å². The maximum Gasteiger partial charge on any atom is 0.143 e. The van der Waals surface area contributed by atoms with E-state index in [-0.39, 0.29) is 12.2 Å². The number of pyridine rings is 3. The first-order valence-corrected chi connectivity index (χ1v) is 8.33. The number of ketones is 1. The van der Waals surface area contributed by atoms with Gasteiger partial charge in [-0.2, -0.15) is 5.10 Å². The quantitative estimate of drug-likeness (QED) is 0.557. The van der Waals surface area contributed by atoms with Crippen LogP contribution in [0.15, 0.2) is 61.3 Å². The number of rotatable bonds is 5. The van der Waals surface area contributed by atoms with Crippen molar-refractivity contribution in [3.8, 4) is 11.3 Å². The lowest BCUT2D eigenvalue weighted by atomic mass is 10.1. The van der Waals surface area contributed by atoms with Gasteiger partial charge in [-0.15, -0.1) is 0 Å². The lowest BCUT2D eigenvalue weighted by Gasteiger charge is -2.04. The van der Waals surface area contributed by atoms with Crippen molar-refractivity contribution >= 4 is 16.7 Å². The van der Waals surface area contributed by atoms with Crippen LogP contribution in [0.3, 0.4) is 0 Å². The highest BCUT2D eigenvalue weighted by molar-refractivity contribution is 5.85. The van der Waals surface area contributed by atoms with Gasteiger partial charge in [0.05, 0.1) is 17.4 Å². The number of aryl methyl sites for hydroxylation is 1. The Morgan fingerprint density at radius 2 is 1.92 bits per heavy atom. The number of hydrogen-bond acceptors (Lipinski definition) is 5. The molecule has 0 bridgehead atoms. The third-order valence-electron chi connectivity index (χ3n) is 4.16. The minimum absolute atomic E-state index is 0.117. The molecule has 0 saturated heterocycles. The van der Waals surface area contributed by atoms with Crippen LogP contribution in [0.1, 0.15) is 11.3 Å². The molecular formula is C20H17N5O. The van der Waals surface area contributed by atoms with Crippen molar-refractivity contribution in [2.24, 2.45) is 7.05 Å². The van der Waals surface area contributed by atoms with Gasteiger partial charge in [-0.3, -0.25) is 19.4 Å². The Labute approximate surface area is 150 Å². The standard InChI is InChI=1S/C20H17N5O/c1-25-13-16(12-23-25)19-3-2-15-11-22-17(10-20(15)24-19)9-18(26)8-14-4-6-21-7-5-14/h2-7,10-13H,8-9H2,1H3. The molecule has 0 aliphatic heterocycles. The normalized spacial score (nSPS) is 11.0. The van der Waals surface area contributed by atoms with Crippen LogP contribution in [0.5, 0.6) is 0 Å². The molecule has 0 aliphatic carbocycles. The van der Waals surface area contributed by atoms with Crippen LogP contribution < -0.4 is 0 Å². The first kappa shape index (κ1) is 16.1. The van der Waals surface area contributed by atoms with Crippen LogP contribution >= 0.6 is 0 Å². The van der Waals surface area contributed by atoms with Crippen molar-refractivity contribution in [1.82, 2.24) is 24.7 Å². The molecule has 6 nitrogen and oxygen atoms in total. The molecule has 4 aromatic rings. The number of carbonyl (C=O) groups excluding carboxylic acids is 1. The van der Waals surface area contributed by atoms with E-state index in [1.807, 2.05) is 43.6 Å². The van der Waals surface area contributed by atoms with Gasteiger partial charge in [0.25, 0.3) is 0 Å². The Morgan fingerprint density at radius 1 is 1.08 bits per heavy atom. The molecule has 0 fully saturated rings. The summed E-state index contributed by atoms with van der Waals surface area (Å²) in [6.45, 7) is 0. The van der Waals surface area contributed by atoms with Gasteiger partial charge in [0, 0.05) is 61.3 Å². The second kappa shape index (κ2) is 6.84. The maximum absolute atomic E-state index is 12.3. The molecule has 26 heavy (non-hydrogen) atoms. The van der Waals surface area contributed by atoms with Crippen LogP contribution in [-0.2, 0) is 24.7 Å². The average molecular weight is 343 g/mol. The molecule has 0 atom stereocenters. The molecule has 4 aromatic heterocycles. The summed E-state index contributed by atoms with van der Waals surface area (Å²) in [4.78, 5) is 25.4. The van der Waals surface area contributed by atoms with Crippen LogP contribution in [0, 0.1) is 0 Å². The van der Waals surface area contributed by atoms with Crippen LogP contribution in [0.2, 0.25) is 0 Å². The van der Waals surface area contributed by atoms with E-state index in [0.717, 1.165) is 33.4 Å². The summed E-state index contributed by atoms with van der Waals surface area (Å²) in [6, 6.07) is 9.54. The summed E-state index contributed by atoms with van der Waals surface area (Å²) in [6.07, 6.45) is 9.54. The van der Waals surface area contributed by atoms with Crippen molar-refractivity contribution in [3.05, 3.63) is 72.6 Å². The Morgan fingerprint density at radius 3 is 2.69 bits per heavy atom. The summed E-state index contributed by atoms with van der Waals surface area (Å²) in [7, 11) is 1.88. The second-order valence-corrected chi connectivity index (χ2v) is 6.22. The molecule has 6 heteroatoms. The van der Waals surface area contributed by atoms with Gasteiger partial charge >= 0.3 is 0 Å². The van der Waals surface area contributed by atoms with Gasteiger partial charge in [0.2, 0.25) is 0 Å². The van der Waals surface area contributed by atoms with Crippen LogP contribution in [0.25, 0.3) is 22.2 Å². The molecule has 4 heterocycles. The van der Waals surface area contributed by atoms with E-state index >= 15 is 0 Å². The zero-order chi connectivity index (χ0) is 17.9. The maximum atomic E-state index is 12.3. The van der Waals surface area contributed by atoms with E-state index in [0.29, 0.717) is 6.42 Å². The molecule has 0 aromatic carbocycles. The molecule has 0 spiro atoms. The van der Waals surface area contributed by atoms with Gasteiger partial charge < -0.3 is 0 Å². The number of carbonyl (C=O) groups is 1. The molecule has 0 unspecified atom stereocenters. The summed E-state index contributed by atoms with van der Waals surface area (Å²) < 4.78 is 1.75. The predicted octanol–water partition coefficient (Wildman–Crippen LogP) is 2.78. The van der Waals surface area contributed by atoms with Crippen LogP contribution in [0.4, 0.5) is 0 Å². The van der Waals surface area contributed by atoms with E-state index in [1.54, 1.807) is 29.5 Å². The average Bonchev–Trinajstić information content (AvgIpc) is 3.08. The third-order valence-corrected chi connectivity index (χ3v) is 4.16. The van der Waals surface area contributed by atoms with Crippen molar-refractivity contribution in [2.75, 3.05) is 0 Å². The number of nitrogens with zero attached hydrogens (tertiary/aromatic N) is 5. The largest absolute Gasteiger partial charge is 0.299 e. The molecule has 0 aliphatic rings. The highest BCUT2D eigenvalue weighted by Crippen LogP contribution is 2.20. The molecule has 0 amide bonds. The monoisotopic (exact) mass is 343 g/mol. The lowest BCUT2D eigenvalue weighted by Crippen LogP contribution is -2.08. The summed E-state index contributed by atoms with van der Waals surface area (Å²) in [5, 5.41) is 5.13. The Bertz CT molecular complexity index is 1070. The SMILES string of the molecule is Cn1cc(-c2ccc3cnc(CC(=O)Cc4ccncc4)cc3n2)cn1. The first-order chi connectivity index (χ1) is 12.7. The number of Topliss-reactive ketones (excluding diaryl/α,β-unsaturated/α-hetero) is 1. The zero-order valence-corrected chi connectivity index (χ0v) is 14.3. The number of aromatic nitrogens is 5. The summed E-state index contributed by atoms with van der Waals surface area (Å²) in [5.74, 6) is 0.117. The van der Waals surface area contributed by atoms with Gasteiger partial charge in [0.1, 0.15) is 5.78 Å². The van der Waals surface area contributed by atoms with Gasteiger partial charge in [-0.05, 0) is 35.9 Å². The zero-order valence-electron chi connectivity index (χ0n) is 14.3. The molecule has 128 valence electrons. The highest BCUT2D eigenvalue weighted by Gasteiger charge is 2.09. The molecule has 4 rings (SSSR count). The smallest absolute Gasteiger partial charge is 0.143 e. The van der Waals surface area contributed by atoms with Crippen molar-refractivity contribution in [3.63, 3.8) is 0 Å². The van der Waals surface area contributed by atoms with Gasteiger partial charge in [-0.1, -0.05) is 0 Å². The fourth-order valence-corrected chi connectivity index (χ4v) is 2.86. The number of fused-ring (bicyclic) bond motifs is 1. The van der Waals surface area contributed by atoms with E-state index in [2.05, 4.69) is 15.1 Å². The molecule has 0 N–H and O–H groups in total. The third kappa shape index (κ3) is 3.49. The second-order valence-electron chi connectivity index (χ2n) is 6.22. The van der Waals surface area contributed by atoms with Gasteiger partial charge in [0.15, 0.2) is 0 Å². The first-order valence-electron chi connectivity index (χ1n) is 8.33. The fourth-order valence-electron chi connectivity index (χ4n) is 2.86. The van der Waals surface area contributed by atoms with Crippen molar-refractivity contribution < 1.29 is 4.79 Å². The van der Waals surface area contributed by atoms with E-state index in [9.17, 15) is 4.79 Å². The van der Waals surface area contributed by atoms with Crippen molar-refractivity contribution in [2.45, 2.75) is 12.8 Å². The minimum Gasteiger partial charge on any atom is -0.299 e. The Hall–Kier alpha value is -3.41.